The minimum atomic E-state index is -4.96. The van der Waals surface area contributed by atoms with Crippen LogP contribution in [0.2, 0.25) is 0 Å². The summed E-state index contributed by atoms with van der Waals surface area (Å²) in [6.45, 7) is 3.67. The van der Waals surface area contributed by atoms with Crippen molar-refractivity contribution in [2.75, 3.05) is 56.4 Å². The first kappa shape index (κ1) is 46.1. The molecule has 2 aromatic rings. The van der Waals surface area contributed by atoms with Crippen molar-refractivity contribution in [2.24, 2.45) is 0 Å². The summed E-state index contributed by atoms with van der Waals surface area (Å²) in [5, 5.41) is 9.04. The summed E-state index contributed by atoms with van der Waals surface area (Å²) in [5.41, 5.74) is 0.139. The summed E-state index contributed by atoms with van der Waals surface area (Å²) in [7, 11) is -17.7. The maximum Gasteiger partial charge on any atom is 0.305 e. The Morgan fingerprint density at radius 1 is 0.807 bits per heavy atom. The topological polar surface area (TPSA) is 291 Å². The Labute approximate surface area is 332 Å². The molecule has 2 aliphatic rings. The smallest absolute Gasteiger partial charge is 0.305 e. The molecule has 4 rings (SSSR count). The van der Waals surface area contributed by atoms with Gasteiger partial charge in [-0.25, -0.2) is 33.7 Å². The van der Waals surface area contributed by atoms with E-state index >= 15 is 0 Å². The molecule has 2 unspecified atom stereocenters. The second-order valence-electron chi connectivity index (χ2n) is 14.0. The molecule has 2 atom stereocenters. The highest BCUT2D eigenvalue weighted by atomic mass is 32.2. The van der Waals surface area contributed by atoms with Crippen molar-refractivity contribution in [1.29, 1.82) is 0 Å². The van der Waals surface area contributed by atoms with E-state index in [1.54, 1.807) is 41.6 Å². The molecule has 2 heterocycles. The number of ether oxygens (including phenoxy) is 2. The first-order valence-corrected chi connectivity index (χ1v) is 23.5. The van der Waals surface area contributed by atoms with E-state index in [0.29, 0.717) is 33.9 Å². The molecule has 0 aromatic heterocycles. The van der Waals surface area contributed by atoms with Crippen molar-refractivity contribution < 1.29 is 75.8 Å². The highest BCUT2D eigenvalue weighted by Gasteiger charge is 2.48. The third-order valence-corrected chi connectivity index (χ3v) is 13.3. The van der Waals surface area contributed by atoms with Crippen molar-refractivity contribution in [3.05, 3.63) is 71.5 Å². The lowest BCUT2D eigenvalue weighted by molar-refractivity contribution is -0.442. The van der Waals surface area contributed by atoms with Gasteiger partial charge < -0.3 is 37.7 Å². The second-order valence-corrected chi connectivity index (χ2v) is 19.8. The number of carboxylic acid groups (broad SMARTS) is 1. The molecule has 0 saturated carbocycles. The summed E-state index contributed by atoms with van der Waals surface area (Å²) < 4.78 is 155. The van der Waals surface area contributed by atoms with Gasteiger partial charge >= 0.3 is 5.97 Å². The van der Waals surface area contributed by atoms with E-state index in [1.165, 1.54) is 31.4 Å². The third-order valence-electron chi connectivity index (χ3n) is 10.1. The zero-order valence-corrected chi connectivity index (χ0v) is 34.5. The molecule has 0 saturated heterocycles. The number of anilines is 1. The number of carboxylic acids is 1. The molecule has 0 amide bonds. The highest BCUT2D eigenvalue weighted by molar-refractivity contribution is 7.86. The number of aliphatic carboxylic acids is 1. The van der Waals surface area contributed by atoms with Gasteiger partial charge in [0, 0.05) is 59.7 Å². The molecule has 2 aromatic carbocycles. The number of allylic oxidation sites excluding steroid dienone is 4. The van der Waals surface area contributed by atoms with E-state index < -0.39 is 78.6 Å². The molecule has 0 spiro atoms. The van der Waals surface area contributed by atoms with Gasteiger partial charge in [-0.1, -0.05) is 6.08 Å². The second kappa shape index (κ2) is 17.7. The van der Waals surface area contributed by atoms with Crippen LogP contribution < -0.4 is 4.90 Å². The molecule has 0 aliphatic carbocycles. The first-order valence-electron chi connectivity index (χ1n) is 17.5. The number of fused-ring (bicyclic) bond motifs is 2. The van der Waals surface area contributed by atoms with Crippen LogP contribution in [-0.2, 0) is 65.6 Å². The van der Waals surface area contributed by atoms with Gasteiger partial charge in [0.05, 0.1) is 55.1 Å². The Morgan fingerprint density at radius 3 is 1.91 bits per heavy atom. The minimum Gasteiger partial charge on any atom is -0.748 e. The fourth-order valence-electron chi connectivity index (χ4n) is 7.42. The minimum absolute atomic E-state index is 0.0165. The highest BCUT2D eigenvalue weighted by Crippen LogP contribution is 2.51. The van der Waals surface area contributed by atoms with Gasteiger partial charge in [-0.05, 0) is 81.5 Å². The molecule has 0 radical (unpaired) electrons. The van der Waals surface area contributed by atoms with Crippen molar-refractivity contribution in [3.8, 4) is 0 Å². The van der Waals surface area contributed by atoms with Crippen LogP contribution in [0.4, 0.5) is 11.4 Å². The lowest BCUT2D eigenvalue weighted by Crippen LogP contribution is -2.33. The standard InChI is InChI=1S/C35H46N2O16S4/c1-34(14-5-21-54(40,41)42)27-23-25(56(46,47)48)9-11-29(27)36(16-19-52-3)31(34)7-4-8-32-35(2,15-6-22-55(43,44)45)28-24-26(57(49,50)51)10-12-30(28)37(32)17-20-53-18-13-33(38)39/h4,7-12,23-24H,5-6,13-22H2,1-3H3,(H4-,38,39,40,41,42,43,44,45,46,47,48,49,50,51)/p-3. The summed E-state index contributed by atoms with van der Waals surface area (Å²) in [6.07, 6.45) is 4.30. The fourth-order valence-corrected chi connectivity index (χ4v) is 9.41. The molecule has 57 heavy (non-hydrogen) atoms. The van der Waals surface area contributed by atoms with Gasteiger partial charge in [0.25, 0.3) is 0 Å². The van der Waals surface area contributed by atoms with E-state index in [0.717, 1.165) is 12.1 Å². The molecular formula is C35H43N2O16S4-3. The SMILES string of the molecule is COCCN1/C(=C/C=C/C2=[N+](CCOCCC(=O)O)c3ccc(S(=O)(=O)[O-])cc3C2(C)CCCS(=O)(=O)[O-])C(C)(CCCS(=O)(=O)[O-])c2cc(S(=O)(=O)[O-])ccc21. The maximum atomic E-state index is 12.1. The van der Waals surface area contributed by atoms with Crippen molar-refractivity contribution in [2.45, 2.75) is 66.6 Å². The predicted molar refractivity (Wildman–Crippen MR) is 200 cm³/mol. The summed E-state index contributed by atoms with van der Waals surface area (Å²) in [4.78, 5) is 11.8. The molecule has 18 nitrogen and oxygen atoms in total. The van der Waals surface area contributed by atoms with Gasteiger partial charge in [0.1, 0.15) is 26.8 Å². The average molecular weight is 876 g/mol. The monoisotopic (exact) mass is 875 g/mol. The molecule has 1 N–H and O–H groups in total. The van der Waals surface area contributed by atoms with E-state index in [1.807, 2.05) is 0 Å². The average Bonchev–Trinajstić information content (AvgIpc) is 3.45. The summed E-state index contributed by atoms with van der Waals surface area (Å²) in [5.74, 6) is -2.56. The largest absolute Gasteiger partial charge is 0.748 e. The third kappa shape index (κ3) is 11.3. The van der Waals surface area contributed by atoms with Gasteiger partial charge in [-0.3, -0.25) is 4.79 Å². The Morgan fingerprint density at radius 2 is 1.37 bits per heavy atom. The Kier molecular flexibility index (Phi) is 14.3. The van der Waals surface area contributed by atoms with Crippen LogP contribution in [0, 0.1) is 0 Å². The van der Waals surface area contributed by atoms with E-state index in [9.17, 15) is 56.7 Å². The van der Waals surface area contributed by atoms with Gasteiger partial charge in [-0.2, -0.15) is 4.58 Å². The first-order chi connectivity index (χ1) is 26.3. The number of rotatable bonds is 21. The van der Waals surface area contributed by atoms with Gasteiger partial charge in [0.15, 0.2) is 12.3 Å². The van der Waals surface area contributed by atoms with Crippen molar-refractivity contribution in [1.82, 2.24) is 0 Å². The van der Waals surface area contributed by atoms with Gasteiger partial charge in [-0.15, -0.1) is 0 Å². The Balaban J connectivity index is 1.93. The fraction of sp³-hybridized carbons (Fsp3) is 0.486. The van der Waals surface area contributed by atoms with Crippen LogP contribution in [0.15, 0.2) is 70.1 Å². The molecular weight excluding hydrogens is 833 g/mol. The van der Waals surface area contributed by atoms with Gasteiger partial charge in [0.2, 0.25) is 5.69 Å². The predicted octanol–water partition coefficient (Wildman–Crippen LogP) is 1.86. The number of nitrogens with zero attached hydrogens (tertiary/aromatic N) is 2. The normalized spacial score (nSPS) is 20.8. The number of benzene rings is 2. The summed E-state index contributed by atoms with van der Waals surface area (Å²) >= 11 is 0. The Hall–Kier alpha value is -3.58. The number of methoxy groups -OCH3 is 1. The van der Waals surface area contributed by atoms with Crippen LogP contribution >= 0.6 is 0 Å². The van der Waals surface area contributed by atoms with E-state index in [2.05, 4.69) is 0 Å². The van der Waals surface area contributed by atoms with E-state index in [-0.39, 0.29) is 65.0 Å². The lowest BCUT2D eigenvalue weighted by Gasteiger charge is -2.30. The lowest BCUT2D eigenvalue weighted by atomic mass is 9.75. The van der Waals surface area contributed by atoms with Crippen LogP contribution in [0.25, 0.3) is 0 Å². The molecule has 0 bridgehead atoms. The van der Waals surface area contributed by atoms with Crippen LogP contribution in [0.5, 0.6) is 0 Å². The molecule has 316 valence electrons. The Bertz CT molecular complexity index is 2410. The molecule has 2 aliphatic heterocycles. The van der Waals surface area contributed by atoms with Crippen molar-refractivity contribution in [3.63, 3.8) is 0 Å². The quantitative estimate of drug-likeness (QED) is 0.106. The number of hydrogen-bond acceptors (Lipinski definition) is 16. The van der Waals surface area contributed by atoms with E-state index in [4.69, 9.17) is 14.6 Å². The zero-order valence-electron chi connectivity index (χ0n) is 31.3. The molecule has 22 heteroatoms. The van der Waals surface area contributed by atoms with Crippen molar-refractivity contribution >= 4 is 63.5 Å². The van der Waals surface area contributed by atoms with Crippen LogP contribution in [0.1, 0.15) is 57.1 Å². The number of carbonyl (C=O) groups is 1. The summed E-state index contributed by atoms with van der Waals surface area (Å²) in [6, 6.07) is 7.51. The molecule has 0 fully saturated rings. The van der Waals surface area contributed by atoms with Crippen LogP contribution in [0.3, 0.4) is 0 Å². The zero-order chi connectivity index (χ0) is 42.6. The van der Waals surface area contributed by atoms with Crippen LogP contribution in [-0.4, -0.2) is 125 Å². The number of hydrogen-bond donors (Lipinski definition) is 1. The maximum absolute atomic E-state index is 12.1.